The van der Waals surface area contributed by atoms with Crippen molar-refractivity contribution in [3.05, 3.63) is 79.4 Å². The number of pyridine rings is 1. The zero-order valence-electron chi connectivity index (χ0n) is 14.5. The van der Waals surface area contributed by atoms with Crippen molar-refractivity contribution >= 4 is 17.2 Å². The number of aryl methyl sites for hydroxylation is 3. The number of H-pyrrole nitrogens is 1. The highest BCUT2D eigenvalue weighted by Gasteiger charge is 2.15. The Labute approximate surface area is 150 Å². The van der Waals surface area contributed by atoms with Crippen LogP contribution in [-0.2, 0) is 6.54 Å². The van der Waals surface area contributed by atoms with Crippen LogP contribution in [0.2, 0.25) is 0 Å². The first kappa shape index (κ1) is 17.2. The highest BCUT2D eigenvalue weighted by Crippen LogP contribution is 2.28. The van der Waals surface area contributed by atoms with Crippen molar-refractivity contribution in [1.82, 2.24) is 10.3 Å². The molecule has 0 aliphatic heterocycles. The summed E-state index contributed by atoms with van der Waals surface area (Å²) in [6, 6.07) is 12.0. The van der Waals surface area contributed by atoms with Crippen LogP contribution in [0, 0.1) is 20.8 Å². The lowest BCUT2D eigenvalue weighted by atomic mass is 10.0. The second-order valence-electron chi connectivity index (χ2n) is 6.16. The summed E-state index contributed by atoms with van der Waals surface area (Å²) in [4.78, 5) is 28.1. The Morgan fingerprint density at radius 3 is 2.52 bits per heavy atom. The van der Waals surface area contributed by atoms with Crippen molar-refractivity contribution in [3.8, 4) is 11.1 Å². The van der Waals surface area contributed by atoms with Crippen molar-refractivity contribution in [2.75, 3.05) is 0 Å². The summed E-state index contributed by atoms with van der Waals surface area (Å²) < 4.78 is 0. The van der Waals surface area contributed by atoms with Gasteiger partial charge in [0.1, 0.15) is 0 Å². The average Bonchev–Trinajstić information content (AvgIpc) is 3.04. The second kappa shape index (κ2) is 7.07. The average molecular weight is 352 g/mol. The maximum absolute atomic E-state index is 12.6. The van der Waals surface area contributed by atoms with Crippen LogP contribution in [0.1, 0.15) is 32.1 Å². The van der Waals surface area contributed by atoms with Crippen LogP contribution in [0.15, 0.2) is 46.6 Å². The van der Waals surface area contributed by atoms with Gasteiger partial charge in [0.25, 0.3) is 11.5 Å². The van der Waals surface area contributed by atoms with E-state index in [0.29, 0.717) is 10.4 Å². The fraction of sp³-hybridized carbons (Fsp3) is 0.200. The Morgan fingerprint density at radius 2 is 1.84 bits per heavy atom. The number of benzene rings is 1. The number of carbonyl (C=O) groups is 1. The quantitative estimate of drug-likeness (QED) is 0.746. The molecule has 2 aromatic heterocycles. The Kier molecular flexibility index (Phi) is 4.86. The van der Waals surface area contributed by atoms with Crippen LogP contribution in [0.5, 0.6) is 0 Å². The number of aromatic amines is 1. The van der Waals surface area contributed by atoms with Gasteiger partial charge >= 0.3 is 0 Å². The van der Waals surface area contributed by atoms with Gasteiger partial charge < -0.3 is 10.3 Å². The summed E-state index contributed by atoms with van der Waals surface area (Å²) in [7, 11) is 0. The monoisotopic (exact) mass is 352 g/mol. The van der Waals surface area contributed by atoms with Crippen molar-refractivity contribution in [2.45, 2.75) is 27.3 Å². The molecular formula is C20H20N2O2S. The molecule has 0 saturated heterocycles. The lowest BCUT2D eigenvalue weighted by Gasteiger charge is -2.09. The third-order valence-electron chi connectivity index (χ3n) is 4.15. The molecule has 0 saturated carbocycles. The molecule has 1 aromatic carbocycles. The molecule has 4 nitrogen and oxygen atoms in total. The summed E-state index contributed by atoms with van der Waals surface area (Å²) in [6.07, 6.45) is 0. The molecule has 0 radical (unpaired) electrons. The summed E-state index contributed by atoms with van der Waals surface area (Å²) >= 11 is 1.40. The molecule has 1 amide bonds. The van der Waals surface area contributed by atoms with E-state index in [-0.39, 0.29) is 18.0 Å². The summed E-state index contributed by atoms with van der Waals surface area (Å²) in [6.45, 7) is 5.97. The first-order valence-electron chi connectivity index (χ1n) is 8.08. The number of rotatable bonds is 4. The molecule has 0 aliphatic carbocycles. The number of aromatic nitrogens is 1. The van der Waals surface area contributed by atoms with Crippen LogP contribution >= 0.6 is 11.3 Å². The van der Waals surface area contributed by atoms with E-state index < -0.39 is 0 Å². The smallest absolute Gasteiger partial charge is 0.262 e. The standard InChI is InChI=1S/C20H20N2O2S/c1-12-4-6-15(7-5-12)16-8-9-25-18(16)20(24)21-11-17-13(2)10-14(3)22-19(17)23/h4-10H,11H2,1-3H3,(H,21,24)(H,22,23). The highest BCUT2D eigenvalue weighted by molar-refractivity contribution is 7.12. The van der Waals surface area contributed by atoms with Crippen LogP contribution in [0.25, 0.3) is 11.1 Å². The first-order chi connectivity index (χ1) is 12.0. The molecule has 3 aromatic rings. The van der Waals surface area contributed by atoms with Gasteiger partial charge in [-0.2, -0.15) is 0 Å². The fourth-order valence-electron chi connectivity index (χ4n) is 2.80. The molecule has 0 spiro atoms. The fourth-order valence-corrected chi connectivity index (χ4v) is 3.63. The Bertz CT molecular complexity index is 968. The number of amides is 1. The molecule has 0 aliphatic rings. The summed E-state index contributed by atoms with van der Waals surface area (Å²) in [5.41, 5.74) is 5.25. The van der Waals surface area contributed by atoms with Gasteiger partial charge in [0.15, 0.2) is 0 Å². The van der Waals surface area contributed by atoms with E-state index in [2.05, 4.69) is 10.3 Å². The molecule has 0 bridgehead atoms. The van der Waals surface area contributed by atoms with Gasteiger partial charge in [-0.15, -0.1) is 11.3 Å². The molecule has 0 atom stereocenters. The Morgan fingerprint density at radius 1 is 1.12 bits per heavy atom. The van der Waals surface area contributed by atoms with E-state index in [0.717, 1.165) is 22.4 Å². The number of thiophene rings is 1. The predicted molar refractivity (Wildman–Crippen MR) is 102 cm³/mol. The highest BCUT2D eigenvalue weighted by atomic mass is 32.1. The Hall–Kier alpha value is -2.66. The number of nitrogens with one attached hydrogen (secondary N) is 2. The minimum atomic E-state index is -0.162. The molecule has 25 heavy (non-hydrogen) atoms. The predicted octanol–water partition coefficient (Wildman–Crippen LogP) is 3.96. The minimum absolute atomic E-state index is 0.150. The van der Waals surface area contributed by atoms with Crippen LogP contribution in [0.3, 0.4) is 0 Å². The molecule has 5 heteroatoms. The van der Waals surface area contributed by atoms with Crippen molar-refractivity contribution in [2.24, 2.45) is 0 Å². The third kappa shape index (κ3) is 3.72. The second-order valence-corrected chi connectivity index (χ2v) is 7.07. The third-order valence-corrected chi connectivity index (χ3v) is 5.07. The number of carbonyl (C=O) groups excluding carboxylic acids is 1. The van der Waals surface area contributed by atoms with Gasteiger partial charge in [-0.3, -0.25) is 9.59 Å². The van der Waals surface area contributed by atoms with Gasteiger partial charge in [0.2, 0.25) is 0 Å². The Balaban J connectivity index is 1.81. The molecule has 128 valence electrons. The normalized spacial score (nSPS) is 10.7. The largest absolute Gasteiger partial charge is 0.347 e. The molecule has 2 N–H and O–H groups in total. The molecule has 0 fully saturated rings. The zero-order valence-corrected chi connectivity index (χ0v) is 15.3. The lowest BCUT2D eigenvalue weighted by Crippen LogP contribution is -2.27. The topological polar surface area (TPSA) is 62.0 Å². The van der Waals surface area contributed by atoms with Crippen molar-refractivity contribution in [1.29, 1.82) is 0 Å². The maximum atomic E-state index is 12.6. The van der Waals surface area contributed by atoms with Crippen LogP contribution in [-0.4, -0.2) is 10.9 Å². The van der Waals surface area contributed by atoms with E-state index in [9.17, 15) is 9.59 Å². The van der Waals surface area contributed by atoms with Gasteiger partial charge in [0.05, 0.1) is 4.88 Å². The first-order valence-corrected chi connectivity index (χ1v) is 8.96. The molecule has 3 rings (SSSR count). The maximum Gasteiger partial charge on any atom is 0.262 e. The summed E-state index contributed by atoms with van der Waals surface area (Å²) in [5, 5.41) is 4.79. The SMILES string of the molecule is Cc1ccc(-c2ccsc2C(=O)NCc2c(C)cc(C)[nH]c2=O)cc1. The van der Waals surface area contributed by atoms with E-state index in [4.69, 9.17) is 0 Å². The molecular weight excluding hydrogens is 332 g/mol. The van der Waals surface area contributed by atoms with E-state index in [1.807, 2.05) is 62.5 Å². The lowest BCUT2D eigenvalue weighted by molar-refractivity contribution is 0.0955. The van der Waals surface area contributed by atoms with Gasteiger partial charge in [-0.25, -0.2) is 0 Å². The van der Waals surface area contributed by atoms with Gasteiger partial charge in [-0.05, 0) is 49.4 Å². The van der Waals surface area contributed by atoms with E-state index >= 15 is 0 Å². The van der Waals surface area contributed by atoms with Crippen LogP contribution < -0.4 is 10.9 Å². The molecule has 2 heterocycles. The van der Waals surface area contributed by atoms with Gasteiger partial charge in [0, 0.05) is 23.4 Å². The number of hydrogen-bond donors (Lipinski definition) is 2. The summed E-state index contributed by atoms with van der Waals surface area (Å²) in [5.74, 6) is -0.162. The van der Waals surface area contributed by atoms with E-state index in [1.165, 1.54) is 16.9 Å². The zero-order chi connectivity index (χ0) is 18.0. The molecule has 0 unspecified atom stereocenters. The van der Waals surface area contributed by atoms with E-state index in [1.54, 1.807) is 0 Å². The van der Waals surface area contributed by atoms with Crippen molar-refractivity contribution in [3.63, 3.8) is 0 Å². The van der Waals surface area contributed by atoms with Gasteiger partial charge in [-0.1, -0.05) is 29.8 Å². The van der Waals surface area contributed by atoms with Crippen molar-refractivity contribution < 1.29 is 4.79 Å². The van der Waals surface area contributed by atoms with Crippen LogP contribution in [0.4, 0.5) is 0 Å². The number of hydrogen-bond acceptors (Lipinski definition) is 3. The minimum Gasteiger partial charge on any atom is -0.347 e.